The number of hydrogen-bond donors (Lipinski definition) is 2. The van der Waals surface area contributed by atoms with Crippen molar-refractivity contribution in [3.05, 3.63) is 40.9 Å². The highest BCUT2D eigenvalue weighted by atomic mass is 32.1. The Bertz CT molecular complexity index is 611. The molecule has 4 nitrogen and oxygen atoms in total. The van der Waals surface area contributed by atoms with Gasteiger partial charge in [0.1, 0.15) is 5.75 Å². The van der Waals surface area contributed by atoms with Crippen LogP contribution in [0.5, 0.6) is 5.75 Å². The van der Waals surface area contributed by atoms with Crippen molar-refractivity contribution in [1.82, 2.24) is 9.88 Å². The van der Waals surface area contributed by atoms with Gasteiger partial charge < -0.3 is 10.4 Å². The van der Waals surface area contributed by atoms with Gasteiger partial charge in [-0.2, -0.15) is 0 Å². The average Bonchev–Trinajstić information content (AvgIpc) is 3.03. The smallest absolute Gasteiger partial charge is 0.182 e. The van der Waals surface area contributed by atoms with Crippen molar-refractivity contribution in [1.29, 1.82) is 0 Å². The number of rotatable bonds is 6. The average molecular weight is 331 g/mol. The summed E-state index contributed by atoms with van der Waals surface area (Å²) in [6, 6.07) is 8.26. The molecule has 1 aromatic carbocycles. The van der Waals surface area contributed by atoms with Crippen molar-refractivity contribution in [2.75, 3.05) is 18.9 Å². The number of piperidine rings is 1. The molecule has 3 rings (SSSR count). The predicted octanol–water partition coefficient (Wildman–Crippen LogP) is 3.88. The fourth-order valence-electron chi connectivity index (χ4n) is 3.29. The molecule has 0 bridgehead atoms. The van der Waals surface area contributed by atoms with Gasteiger partial charge in [0.15, 0.2) is 5.13 Å². The zero-order valence-corrected chi connectivity index (χ0v) is 14.5. The summed E-state index contributed by atoms with van der Waals surface area (Å²) in [5, 5.41) is 15.7. The summed E-state index contributed by atoms with van der Waals surface area (Å²) < 4.78 is 0. The van der Waals surface area contributed by atoms with Crippen LogP contribution in [0.4, 0.5) is 5.13 Å². The standard InChI is InChI=1S/C18H25N3OS/c1-19-18-20-15(13-23-18)12-21-11-3-2-4-16(21)8-5-14-6-9-17(22)10-7-14/h6-7,9-10,13,16,22H,2-5,8,11-12H2,1H3,(H,19,20)/t16-/m0/s1. The topological polar surface area (TPSA) is 48.4 Å². The quantitative estimate of drug-likeness (QED) is 0.843. The fourth-order valence-corrected chi connectivity index (χ4v) is 3.96. The molecule has 0 radical (unpaired) electrons. The van der Waals surface area contributed by atoms with Crippen LogP contribution in [0, 0.1) is 0 Å². The zero-order valence-electron chi connectivity index (χ0n) is 13.7. The maximum Gasteiger partial charge on any atom is 0.182 e. The molecule has 2 heterocycles. The molecule has 0 unspecified atom stereocenters. The number of aryl methyl sites for hydroxylation is 1. The summed E-state index contributed by atoms with van der Waals surface area (Å²) in [4.78, 5) is 7.22. The summed E-state index contributed by atoms with van der Waals surface area (Å²) in [6.07, 6.45) is 6.14. The lowest BCUT2D eigenvalue weighted by Crippen LogP contribution is -2.39. The molecular weight excluding hydrogens is 306 g/mol. The number of likely N-dealkylation sites (tertiary alicyclic amines) is 1. The number of benzene rings is 1. The highest BCUT2D eigenvalue weighted by molar-refractivity contribution is 7.13. The minimum absolute atomic E-state index is 0.344. The van der Waals surface area contributed by atoms with Crippen LogP contribution >= 0.6 is 11.3 Å². The van der Waals surface area contributed by atoms with Gasteiger partial charge in [-0.15, -0.1) is 11.3 Å². The maximum atomic E-state index is 9.38. The number of nitrogens with one attached hydrogen (secondary N) is 1. The third-order valence-electron chi connectivity index (χ3n) is 4.58. The van der Waals surface area contributed by atoms with Crippen LogP contribution in [-0.2, 0) is 13.0 Å². The molecule has 2 aromatic rings. The van der Waals surface area contributed by atoms with Crippen molar-refractivity contribution < 1.29 is 5.11 Å². The molecule has 1 aromatic heterocycles. The second-order valence-electron chi connectivity index (χ2n) is 6.22. The van der Waals surface area contributed by atoms with E-state index in [1.165, 1.54) is 43.5 Å². The number of anilines is 1. The molecule has 0 amide bonds. The molecule has 124 valence electrons. The minimum atomic E-state index is 0.344. The van der Waals surface area contributed by atoms with Gasteiger partial charge in [0.05, 0.1) is 5.69 Å². The van der Waals surface area contributed by atoms with Gasteiger partial charge >= 0.3 is 0 Å². The van der Waals surface area contributed by atoms with E-state index in [1.807, 2.05) is 19.2 Å². The summed E-state index contributed by atoms with van der Waals surface area (Å²) in [6.45, 7) is 2.13. The highest BCUT2D eigenvalue weighted by Crippen LogP contribution is 2.25. The lowest BCUT2D eigenvalue weighted by Gasteiger charge is -2.35. The molecule has 2 N–H and O–H groups in total. The van der Waals surface area contributed by atoms with Crippen LogP contribution < -0.4 is 5.32 Å². The lowest BCUT2D eigenvalue weighted by atomic mass is 9.95. The molecule has 5 heteroatoms. The molecule has 1 aliphatic rings. The first kappa shape index (κ1) is 16.3. The van der Waals surface area contributed by atoms with Crippen LogP contribution in [0.15, 0.2) is 29.6 Å². The monoisotopic (exact) mass is 331 g/mol. The van der Waals surface area contributed by atoms with Crippen LogP contribution in [0.3, 0.4) is 0 Å². The van der Waals surface area contributed by atoms with Crippen molar-refractivity contribution >= 4 is 16.5 Å². The molecule has 1 saturated heterocycles. The third-order valence-corrected chi connectivity index (χ3v) is 5.49. The molecule has 1 atom stereocenters. The van der Waals surface area contributed by atoms with Gasteiger partial charge in [0, 0.05) is 25.0 Å². The summed E-state index contributed by atoms with van der Waals surface area (Å²) in [5.74, 6) is 0.344. The van der Waals surface area contributed by atoms with Crippen LogP contribution in [0.2, 0.25) is 0 Å². The van der Waals surface area contributed by atoms with Gasteiger partial charge in [-0.25, -0.2) is 4.98 Å². The summed E-state index contributed by atoms with van der Waals surface area (Å²) >= 11 is 1.68. The Morgan fingerprint density at radius 3 is 2.87 bits per heavy atom. The van der Waals surface area contributed by atoms with Crippen molar-refractivity contribution in [2.24, 2.45) is 0 Å². The Labute approximate surface area is 142 Å². The van der Waals surface area contributed by atoms with E-state index < -0.39 is 0 Å². The van der Waals surface area contributed by atoms with Crippen LogP contribution in [-0.4, -0.2) is 34.6 Å². The molecule has 23 heavy (non-hydrogen) atoms. The van der Waals surface area contributed by atoms with Crippen LogP contribution in [0.1, 0.15) is 36.9 Å². The first-order valence-electron chi connectivity index (χ1n) is 8.38. The Morgan fingerprint density at radius 1 is 1.30 bits per heavy atom. The number of nitrogens with zero attached hydrogens (tertiary/aromatic N) is 2. The normalized spacial score (nSPS) is 18.9. The van der Waals surface area contributed by atoms with Crippen molar-refractivity contribution in [3.8, 4) is 5.75 Å². The van der Waals surface area contributed by atoms with Gasteiger partial charge in [0.25, 0.3) is 0 Å². The Hall–Kier alpha value is -1.59. The van der Waals surface area contributed by atoms with Gasteiger partial charge in [0.2, 0.25) is 0 Å². The van der Waals surface area contributed by atoms with E-state index in [2.05, 4.69) is 20.6 Å². The van der Waals surface area contributed by atoms with E-state index in [0.29, 0.717) is 11.8 Å². The molecule has 0 saturated carbocycles. The number of phenols is 1. The fraction of sp³-hybridized carbons (Fsp3) is 0.500. The molecule has 1 fully saturated rings. The Morgan fingerprint density at radius 2 is 2.13 bits per heavy atom. The lowest BCUT2D eigenvalue weighted by molar-refractivity contribution is 0.131. The van der Waals surface area contributed by atoms with E-state index in [1.54, 1.807) is 23.5 Å². The number of hydrogen-bond acceptors (Lipinski definition) is 5. The molecule has 0 spiro atoms. The first-order valence-corrected chi connectivity index (χ1v) is 9.26. The maximum absolute atomic E-state index is 9.38. The Kier molecular flexibility index (Phi) is 5.51. The summed E-state index contributed by atoms with van der Waals surface area (Å²) in [7, 11) is 1.92. The largest absolute Gasteiger partial charge is 0.508 e. The highest BCUT2D eigenvalue weighted by Gasteiger charge is 2.23. The molecular formula is C18H25N3OS. The number of aromatic hydroxyl groups is 1. The second kappa shape index (κ2) is 7.79. The third kappa shape index (κ3) is 4.45. The van der Waals surface area contributed by atoms with E-state index >= 15 is 0 Å². The number of phenolic OH excluding ortho intramolecular Hbond substituents is 1. The minimum Gasteiger partial charge on any atom is -0.508 e. The first-order chi connectivity index (χ1) is 11.2. The summed E-state index contributed by atoms with van der Waals surface area (Å²) in [5.41, 5.74) is 2.48. The van der Waals surface area contributed by atoms with E-state index in [0.717, 1.165) is 18.1 Å². The number of aromatic nitrogens is 1. The molecule has 0 aliphatic carbocycles. The van der Waals surface area contributed by atoms with Gasteiger partial charge in [-0.05, 0) is 49.9 Å². The van der Waals surface area contributed by atoms with E-state index in [-0.39, 0.29) is 0 Å². The molecule has 1 aliphatic heterocycles. The zero-order chi connectivity index (χ0) is 16.1. The SMILES string of the molecule is CNc1nc(CN2CCCC[C@H]2CCc2ccc(O)cc2)cs1. The Balaban J connectivity index is 1.58. The van der Waals surface area contributed by atoms with E-state index in [9.17, 15) is 5.11 Å². The van der Waals surface area contributed by atoms with Gasteiger partial charge in [-0.1, -0.05) is 18.6 Å². The van der Waals surface area contributed by atoms with E-state index in [4.69, 9.17) is 0 Å². The van der Waals surface area contributed by atoms with Crippen molar-refractivity contribution in [2.45, 2.75) is 44.7 Å². The second-order valence-corrected chi connectivity index (χ2v) is 7.08. The predicted molar refractivity (Wildman–Crippen MR) is 96.1 cm³/mol. The van der Waals surface area contributed by atoms with Gasteiger partial charge in [-0.3, -0.25) is 4.90 Å². The van der Waals surface area contributed by atoms with Crippen LogP contribution in [0.25, 0.3) is 0 Å². The number of thiazole rings is 1. The van der Waals surface area contributed by atoms with Crippen molar-refractivity contribution in [3.63, 3.8) is 0 Å².